The number of thioether (sulfide) groups is 1. The van der Waals surface area contributed by atoms with Crippen molar-refractivity contribution < 1.29 is 18.0 Å². The predicted octanol–water partition coefficient (Wildman–Crippen LogP) is 4.67. The fourth-order valence-corrected chi connectivity index (χ4v) is 3.78. The summed E-state index contributed by atoms with van der Waals surface area (Å²) in [6, 6.07) is 12.2. The van der Waals surface area contributed by atoms with Gasteiger partial charge in [0.25, 0.3) is 5.91 Å². The molecule has 1 unspecified atom stereocenters. The third kappa shape index (κ3) is 3.37. The van der Waals surface area contributed by atoms with Crippen molar-refractivity contribution in [3.8, 4) is 0 Å². The van der Waals surface area contributed by atoms with Crippen molar-refractivity contribution >= 4 is 17.7 Å². The first kappa shape index (κ1) is 15.9. The molecule has 0 saturated carbocycles. The van der Waals surface area contributed by atoms with Gasteiger partial charge in [-0.25, -0.2) is 0 Å². The van der Waals surface area contributed by atoms with Crippen LogP contribution in [0.4, 0.5) is 13.2 Å². The van der Waals surface area contributed by atoms with Crippen molar-refractivity contribution in [3.63, 3.8) is 0 Å². The van der Waals surface area contributed by atoms with E-state index in [1.54, 1.807) is 11.8 Å². The number of alkyl halides is 3. The van der Waals surface area contributed by atoms with Gasteiger partial charge in [0.05, 0.1) is 17.2 Å². The molecule has 2 aromatic carbocycles. The van der Waals surface area contributed by atoms with Crippen molar-refractivity contribution in [2.75, 3.05) is 5.75 Å². The summed E-state index contributed by atoms with van der Waals surface area (Å²) in [6.45, 7) is 0. The van der Waals surface area contributed by atoms with Crippen molar-refractivity contribution in [2.24, 2.45) is 0 Å². The van der Waals surface area contributed by atoms with Gasteiger partial charge in [-0.3, -0.25) is 4.79 Å². The highest BCUT2D eigenvalue weighted by atomic mass is 32.2. The van der Waals surface area contributed by atoms with E-state index in [1.165, 1.54) is 18.2 Å². The van der Waals surface area contributed by atoms with Crippen LogP contribution in [0.25, 0.3) is 0 Å². The maximum atomic E-state index is 13.0. The molecule has 2 aromatic rings. The summed E-state index contributed by atoms with van der Waals surface area (Å²) in [4.78, 5) is 13.4. The van der Waals surface area contributed by atoms with E-state index in [1.807, 2.05) is 24.3 Å². The molecule has 120 valence electrons. The Morgan fingerprint density at radius 2 is 1.78 bits per heavy atom. The zero-order valence-electron chi connectivity index (χ0n) is 12.1. The molecule has 1 heterocycles. The van der Waals surface area contributed by atoms with Gasteiger partial charge in [0.1, 0.15) is 0 Å². The lowest BCUT2D eigenvalue weighted by Crippen LogP contribution is -2.32. The summed E-state index contributed by atoms with van der Waals surface area (Å²) in [5.41, 5.74) is -0.284. The van der Waals surface area contributed by atoms with Crippen LogP contribution in [0.3, 0.4) is 0 Å². The van der Waals surface area contributed by atoms with Crippen LogP contribution in [-0.4, -0.2) is 11.7 Å². The Hall–Kier alpha value is -1.95. The second kappa shape index (κ2) is 6.28. The van der Waals surface area contributed by atoms with E-state index >= 15 is 0 Å². The Kier molecular flexibility index (Phi) is 4.35. The Labute approximate surface area is 136 Å². The first-order valence-corrected chi connectivity index (χ1v) is 8.14. The van der Waals surface area contributed by atoms with Crippen molar-refractivity contribution in [1.29, 1.82) is 0 Å². The molecule has 2 nitrogen and oxygen atoms in total. The van der Waals surface area contributed by atoms with Crippen LogP contribution in [0.2, 0.25) is 0 Å². The maximum absolute atomic E-state index is 13.0. The maximum Gasteiger partial charge on any atom is 0.417 e. The molecule has 0 spiro atoms. The summed E-state index contributed by atoms with van der Waals surface area (Å²) >= 11 is 1.69. The largest absolute Gasteiger partial charge is 0.417 e. The van der Waals surface area contributed by atoms with Gasteiger partial charge in [-0.1, -0.05) is 30.3 Å². The summed E-state index contributed by atoms with van der Waals surface area (Å²) in [6.07, 6.45) is -3.85. The summed E-state index contributed by atoms with van der Waals surface area (Å²) in [5, 5.41) is 2.75. The number of amides is 1. The molecule has 23 heavy (non-hydrogen) atoms. The highest BCUT2D eigenvalue weighted by Gasteiger charge is 2.35. The van der Waals surface area contributed by atoms with Crippen molar-refractivity contribution in [2.45, 2.75) is 23.5 Å². The predicted molar refractivity (Wildman–Crippen MR) is 83.4 cm³/mol. The van der Waals surface area contributed by atoms with Crippen molar-refractivity contribution in [1.82, 2.24) is 5.32 Å². The molecule has 1 N–H and O–H groups in total. The van der Waals surface area contributed by atoms with E-state index in [0.29, 0.717) is 6.42 Å². The molecule has 1 aliphatic rings. The van der Waals surface area contributed by atoms with E-state index < -0.39 is 17.6 Å². The van der Waals surface area contributed by atoms with Gasteiger partial charge >= 0.3 is 6.18 Å². The molecule has 1 aliphatic heterocycles. The first-order chi connectivity index (χ1) is 11.0. The number of rotatable bonds is 2. The zero-order chi connectivity index (χ0) is 16.4. The van der Waals surface area contributed by atoms with E-state index in [0.717, 1.165) is 22.3 Å². The summed E-state index contributed by atoms with van der Waals surface area (Å²) in [5.74, 6) is 0.132. The lowest BCUT2D eigenvalue weighted by atomic mass is 10.0. The van der Waals surface area contributed by atoms with Crippen LogP contribution in [0.15, 0.2) is 53.4 Å². The molecule has 0 saturated heterocycles. The SMILES string of the molecule is O=C(NC1CCSc2ccccc21)c1ccccc1C(F)(F)F. The van der Waals surface area contributed by atoms with E-state index in [9.17, 15) is 18.0 Å². The molecular weight excluding hydrogens is 323 g/mol. The topological polar surface area (TPSA) is 29.1 Å². The summed E-state index contributed by atoms with van der Waals surface area (Å²) < 4.78 is 39.1. The Balaban J connectivity index is 1.87. The second-order valence-electron chi connectivity index (χ2n) is 5.24. The number of hydrogen-bond donors (Lipinski definition) is 1. The molecule has 0 bridgehead atoms. The number of carbonyl (C=O) groups excluding carboxylic acids is 1. The van der Waals surface area contributed by atoms with Crippen LogP contribution in [-0.2, 0) is 6.18 Å². The number of carbonyl (C=O) groups is 1. The lowest BCUT2D eigenvalue weighted by Gasteiger charge is -2.26. The molecule has 0 aliphatic carbocycles. The molecule has 1 amide bonds. The quantitative estimate of drug-likeness (QED) is 0.863. The molecule has 3 rings (SSSR count). The molecule has 0 fully saturated rings. The minimum Gasteiger partial charge on any atom is -0.345 e. The van der Waals surface area contributed by atoms with E-state index in [4.69, 9.17) is 0 Å². The van der Waals surface area contributed by atoms with Crippen molar-refractivity contribution in [3.05, 3.63) is 65.2 Å². The molecule has 1 atom stereocenters. The van der Waals surface area contributed by atoms with Gasteiger partial charge in [-0.15, -0.1) is 11.8 Å². The minimum absolute atomic E-state index is 0.263. The van der Waals surface area contributed by atoms with Crippen LogP contribution in [0.5, 0.6) is 0 Å². The van der Waals surface area contributed by atoms with Gasteiger partial charge in [-0.2, -0.15) is 13.2 Å². The zero-order valence-corrected chi connectivity index (χ0v) is 12.9. The highest BCUT2D eigenvalue weighted by Crippen LogP contribution is 2.36. The Morgan fingerprint density at radius 3 is 2.57 bits per heavy atom. The van der Waals surface area contributed by atoms with E-state index in [-0.39, 0.29) is 11.6 Å². The normalized spacial score (nSPS) is 17.4. The second-order valence-corrected chi connectivity index (χ2v) is 6.38. The Bertz CT molecular complexity index is 730. The monoisotopic (exact) mass is 337 g/mol. The van der Waals surface area contributed by atoms with Gasteiger partial charge in [0, 0.05) is 10.6 Å². The number of fused-ring (bicyclic) bond motifs is 1. The number of hydrogen-bond acceptors (Lipinski definition) is 2. The fraction of sp³-hybridized carbons (Fsp3) is 0.235. The molecule has 0 radical (unpaired) electrons. The molecule has 0 aromatic heterocycles. The van der Waals surface area contributed by atoms with Gasteiger partial charge in [0.15, 0.2) is 0 Å². The highest BCUT2D eigenvalue weighted by molar-refractivity contribution is 7.99. The third-order valence-corrected chi connectivity index (χ3v) is 4.86. The van der Waals surface area contributed by atoms with E-state index in [2.05, 4.69) is 5.32 Å². The molecular formula is C17H14F3NOS. The number of halogens is 3. The average molecular weight is 337 g/mol. The Morgan fingerprint density at radius 1 is 1.09 bits per heavy atom. The van der Waals surface area contributed by atoms with Crippen LogP contribution >= 0.6 is 11.8 Å². The summed E-state index contributed by atoms with van der Waals surface area (Å²) in [7, 11) is 0. The standard InChI is InChI=1S/C17H14F3NOS/c18-17(19,20)13-7-3-1-5-11(13)16(22)21-14-9-10-23-15-8-4-2-6-12(14)15/h1-8,14H,9-10H2,(H,21,22). The minimum atomic E-state index is -4.55. The lowest BCUT2D eigenvalue weighted by molar-refractivity contribution is -0.137. The van der Waals surface area contributed by atoms with Gasteiger partial charge < -0.3 is 5.32 Å². The smallest absolute Gasteiger partial charge is 0.345 e. The fourth-order valence-electron chi connectivity index (χ4n) is 2.66. The van der Waals surface area contributed by atoms with Gasteiger partial charge in [0.2, 0.25) is 0 Å². The average Bonchev–Trinajstić information content (AvgIpc) is 2.54. The van der Waals surface area contributed by atoms with Crippen LogP contribution in [0.1, 0.15) is 33.9 Å². The van der Waals surface area contributed by atoms with Gasteiger partial charge in [-0.05, 0) is 30.2 Å². The number of nitrogens with one attached hydrogen (secondary N) is 1. The third-order valence-electron chi connectivity index (χ3n) is 3.74. The first-order valence-electron chi connectivity index (χ1n) is 7.15. The molecule has 6 heteroatoms. The van der Waals surface area contributed by atoms with Crippen LogP contribution in [0, 0.1) is 0 Å². The van der Waals surface area contributed by atoms with Crippen LogP contribution < -0.4 is 5.32 Å². The number of benzene rings is 2.